The molecule has 3 aromatic carbocycles. The molecule has 0 unspecified atom stereocenters. The van der Waals surface area contributed by atoms with Gasteiger partial charge in [0.15, 0.2) is 0 Å². The van der Waals surface area contributed by atoms with E-state index in [1.165, 1.54) is 0 Å². The lowest BCUT2D eigenvalue weighted by Gasteiger charge is -2.11. The monoisotopic (exact) mass is 397 g/mol. The lowest BCUT2D eigenvalue weighted by Crippen LogP contribution is -2.13. The third kappa shape index (κ3) is 3.54. The van der Waals surface area contributed by atoms with Gasteiger partial charge in [-0.25, -0.2) is 13.4 Å². The maximum atomic E-state index is 12.8. The van der Waals surface area contributed by atoms with E-state index in [4.69, 9.17) is 11.6 Å². The molecule has 5 nitrogen and oxygen atoms in total. The fourth-order valence-corrected chi connectivity index (χ4v) is 4.12. The number of rotatable bonds is 4. The molecule has 1 heterocycles. The van der Waals surface area contributed by atoms with Crippen molar-refractivity contribution in [3.63, 3.8) is 0 Å². The Bertz CT molecular complexity index is 1230. The summed E-state index contributed by atoms with van der Waals surface area (Å²) >= 11 is 5.98. The highest BCUT2D eigenvalue weighted by molar-refractivity contribution is 7.92. The second-order valence-corrected chi connectivity index (χ2v) is 8.31. The number of aromatic amines is 1. The first-order valence-electron chi connectivity index (χ1n) is 8.26. The average Bonchev–Trinajstić information content (AvgIpc) is 3.08. The quantitative estimate of drug-likeness (QED) is 0.509. The van der Waals surface area contributed by atoms with E-state index in [0.717, 1.165) is 11.1 Å². The normalized spacial score (nSPS) is 11.6. The number of imidazole rings is 1. The number of nitrogens with zero attached hydrogens (tertiary/aromatic N) is 1. The molecule has 0 saturated heterocycles. The standard InChI is InChI=1S/C20H16ClN3O2S/c1-13-7-8-15(21)11-18(13)24-27(25,26)16-9-10-17-19(12-16)23-20(22-17)14-5-3-2-4-6-14/h2-12,24H,1H3,(H,22,23). The van der Waals surface area contributed by atoms with Crippen LogP contribution in [0.3, 0.4) is 0 Å². The van der Waals surface area contributed by atoms with Gasteiger partial charge in [-0.1, -0.05) is 48.0 Å². The molecule has 1 aromatic heterocycles. The smallest absolute Gasteiger partial charge is 0.261 e. The Morgan fingerprint density at radius 2 is 1.78 bits per heavy atom. The van der Waals surface area contributed by atoms with Crippen molar-refractivity contribution < 1.29 is 8.42 Å². The molecule has 0 aliphatic rings. The molecule has 0 bridgehead atoms. The number of aryl methyl sites for hydroxylation is 1. The van der Waals surface area contributed by atoms with Gasteiger partial charge in [-0.2, -0.15) is 0 Å². The molecule has 0 aliphatic heterocycles. The van der Waals surface area contributed by atoms with Crippen LogP contribution in [0.25, 0.3) is 22.4 Å². The summed E-state index contributed by atoms with van der Waals surface area (Å²) in [6.07, 6.45) is 0. The van der Waals surface area contributed by atoms with Crippen LogP contribution < -0.4 is 4.72 Å². The van der Waals surface area contributed by atoms with Crippen LogP contribution in [0.4, 0.5) is 5.69 Å². The predicted octanol–water partition coefficient (Wildman–Crippen LogP) is 4.99. The van der Waals surface area contributed by atoms with E-state index >= 15 is 0 Å². The van der Waals surface area contributed by atoms with Gasteiger partial charge in [-0.15, -0.1) is 0 Å². The van der Waals surface area contributed by atoms with Crippen LogP contribution >= 0.6 is 11.6 Å². The number of nitrogens with one attached hydrogen (secondary N) is 2. The highest BCUT2D eigenvalue weighted by Crippen LogP contribution is 2.26. The van der Waals surface area contributed by atoms with Crippen molar-refractivity contribution in [1.29, 1.82) is 0 Å². The van der Waals surface area contributed by atoms with Crippen molar-refractivity contribution in [3.8, 4) is 11.4 Å². The van der Waals surface area contributed by atoms with Gasteiger partial charge in [-0.05, 0) is 42.8 Å². The number of halogens is 1. The topological polar surface area (TPSA) is 74.8 Å². The number of anilines is 1. The molecule has 0 fully saturated rings. The van der Waals surface area contributed by atoms with Gasteiger partial charge in [0, 0.05) is 10.6 Å². The molecule has 0 radical (unpaired) electrons. The Hall–Kier alpha value is -2.83. The summed E-state index contributed by atoms with van der Waals surface area (Å²) in [5.41, 5.74) is 3.53. The number of aromatic nitrogens is 2. The van der Waals surface area contributed by atoms with E-state index in [0.29, 0.717) is 27.6 Å². The first kappa shape index (κ1) is 17.6. The molecule has 27 heavy (non-hydrogen) atoms. The number of H-pyrrole nitrogens is 1. The fourth-order valence-electron chi connectivity index (χ4n) is 2.80. The van der Waals surface area contributed by atoms with E-state index in [-0.39, 0.29) is 4.90 Å². The van der Waals surface area contributed by atoms with Gasteiger partial charge in [-0.3, -0.25) is 4.72 Å². The summed E-state index contributed by atoms with van der Waals surface area (Å²) in [5.74, 6) is 0.693. The second-order valence-electron chi connectivity index (χ2n) is 6.20. The number of benzene rings is 3. The Morgan fingerprint density at radius 1 is 1.00 bits per heavy atom. The largest absolute Gasteiger partial charge is 0.338 e. The van der Waals surface area contributed by atoms with Crippen molar-refractivity contribution >= 4 is 38.3 Å². The van der Waals surface area contributed by atoms with Gasteiger partial charge in [0.2, 0.25) is 0 Å². The minimum absolute atomic E-state index is 0.151. The molecule has 0 saturated carbocycles. The minimum Gasteiger partial charge on any atom is -0.338 e. The van der Waals surface area contributed by atoms with Crippen LogP contribution in [0.2, 0.25) is 5.02 Å². The van der Waals surface area contributed by atoms with Crippen molar-refractivity contribution in [2.24, 2.45) is 0 Å². The summed E-state index contributed by atoms with van der Waals surface area (Å²) in [5, 5.41) is 0.467. The Kier molecular flexibility index (Phi) is 4.37. The van der Waals surface area contributed by atoms with E-state index in [1.807, 2.05) is 37.3 Å². The highest BCUT2D eigenvalue weighted by atomic mass is 35.5. The lowest BCUT2D eigenvalue weighted by molar-refractivity contribution is 0.601. The molecular weight excluding hydrogens is 382 g/mol. The summed E-state index contributed by atoms with van der Waals surface area (Å²) in [4.78, 5) is 7.86. The van der Waals surface area contributed by atoms with Crippen LogP contribution in [0.1, 0.15) is 5.56 Å². The van der Waals surface area contributed by atoms with E-state index in [1.54, 1.807) is 36.4 Å². The number of sulfonamides is 1. The van der Waals surface area contributed by atoms with Crippen LogP contribution in [-0.4, -0.2) is 18.4 Å². The summed E-state index contributed by atoms with van der Waals surface area (Å²) in [7, 11) is -3.76. The second kappa shape index (κ2) is 6.72. The first-order valence-corrected chi connectivity index (χ1v) is 10.1. The van der Waals surface area contributed by atoms with Crippen LogP contribution in [0.5, 0.6) is 0 Å². The summed E-state index contributed by atoms with van der Waals surface area (Å²) in [6, 6.07) is 19.6. The van der Waals surface area contributed by atoms with Gasteiger partial charge < -0.3 is 4.98 Å². The molecule has 4 rings (SSSR count). The molecular formula is C20H16ClN3O2S. The Balaban J connectivity index is 1.71. The van der Waals surface area contributed by atoms with Crippen molar-refractivity contribution in [1.82, 2.24) is 9.97 Å². The number of hydrogen-bond acceptors (Lipinski definition) is 3. The third-order valence-corrected chi connectivity index (χ3v) is 5.85. The van der Waals surface area contributed by atoms with Crippen molar-refractivity contribution in [3.05, 3.63) is 77.3 Å². The Labute approximate surface area is 162 Å². The van der Waals surface area contributed by atoms with E-state index in [2.05, 4.69) is 14.7 Å². The van der Waals surface area contributed by atoms with Gasteiger partial charge in [0.05, 0.1) is 21.6 Å². The molecule has 0 aliphatic carbocycles. The maximum absolute atomic E-state index is 12.8. The number of hydrogen-bond donors (Lipinski definition) is 2. The van der Waals surface area contributed by atoms with E-state index in [9.17, 15) is 8.42 Å². The maximum Gasteiger partial charge on any atom is 0.261 e. The van der Waals surface area contributed by atoms with Crippen LogP contribution in [-0.2, 0) is 10.0 Å². The molecule has 0 atom stereocenters. The van der Waals surface area contributed by atoms with E-state index < -0.39 is 10.0 Å². The Morgan fingerprint density at radius 3 is 2.56 bits per heavy atom. The zero-order valence-corrected chi connectivity index (χ0v) is 16.0. The number of fused-ring (bicyclic) bond motifs is 1. The SMILES string of the molecule is Cc1ccc(Cl)cc1NS(=O)(=O)c1ccc2nc(-c3ccccc3)[nH]c2c1. The average molecular weight is 398 g/mol. The molecule has 7 heteroatoms. The zero-order chi connectivity index (χ0) is 19.0. The van der Waals surface area contributed by atoms with Crippen molar-refractivity contribution in [2.75, 3.05) is 4.72 Å². The predicted molar refractivity (Wildman–Crippen MR) is 109 cm³/mol. The zero-order valence-electron chi connectivity index (χ0n) is 14.4. The van der Waals surface area contributed by atoms with Gasteiger partial charge in [0.25, 0.3) is 10.0 Å². The third-order valence-electron chi connectivity index (χ3n) is 4.25. The molecule has 0 spiro atoms. The van der Waals surface area contributed by atoms with Gasteiger partial charge >= 0.3 is 0 Å². The summed E-state index contributed by atoms with van der Waals surface area (Å²) < 4.78 is 28.2. The first-order chi connectivity index (χ1) is 12.9. The minimum atomic E-state index is -3.76. The molecule has 2 N–H and O–H groups in total. The molecule has 4 aromatic rings. The molecule has 136 valence electrons. The van der Waals surface area contributed by atoms with Crippen molar-refractivity contribution in [2.45, 2.75) is 11.8 Å². The molecule has 0 amide bonds. The van der Waals surface area contributed by atoms with Crippen LogP contribution in [0, 0.1) is 6.92 Å². The van der Waals surface area contributed by atoms with Crippen LogP contribution in [0.15, 0.2) is 71.6 Å². The lowest BCUT2D eigenvalue weighted by atomic mass is 10.2. The summed E-state index contributed by atoms with van der Waals surface area (Å²) in [6.45, 7) is 1.82. The fraction of sp³-hybridized carbons (Fsp3) is 0.0500. The highest BCUT2D eigenvalue weighted by Gasteiger charge is 2.17. The van der Waals surface area contributed by atoms with Gasteiger partial charge in [0.1, 0.15) is 5.82 Å².